The minimum absolute atomic E-state index is 0.139. The number of likely N-dealkylation sites (N-methyl/N-ethyl adjacent to an activating group) is 1. The summed E-state index contributed by atoms with van der Waals surface area (Å²) in [6.07, 6.45) is 2.53. The van der Waals surface area contributed by atoms with Gasteiger partial charge in [0, 0.05) is 25.2 Å². The third-order valence-corrected chi connectivity index (χ3v) is 4.59. The molecule has 1 atom stereocenters. The Morgan fingerprint density at radius 3 is 2.90 bits per heavy atom. The zero-order valence-corrected chi connectivity index (χ0v) is 13.1. The highest BCUT2D eigenvalue weighted by atomic mass is 32.1. The van der Waals surface area contributed by atoms with E-state index in [0.29, 0.717) is 34.5 Å². The average Bonchev–Trinajstić information content (AvgIpc) is 3.19. The lowest BCUT2D eigenvalue weighted by atomic mass is 10.3. The molecule has 1 aromatic heterocycles. The minimum Gasteiger partial charge on any atom is -0.382 e. The maximum absolute atomic E-state index is 12.1. The number of carbonyl (C=O) groups excluding carboxylic acids is 1. The van der Waals surface area contributed by atoms with Crippen molar-refractivity contribution in [2.24, 2.45) is 0 Å². The summed E-state index contributed by atoms with van der Waals surface area (Å²) in [4.78, 5) is 19.1. The second-order valence-corrected chi connectivity index (χ2v) is 6.22. The number of nitrogens with one attached hydrogen (secondary N) is 2. The maximum Gasteiger partial charge on any atom is 0.265 e. The van der Waals surface area contributed by atoms with E-state index >= 15 is 0 Å². The van der Waals surface area contributed by atoms with Crippen molar-refractivity contribution in [1.29, 1.82) is 0 Å². The smallest absolute Gasteiger partial charge is 0.265 e. The van der Waals surface area contributed by atoms with E-state index in [9.17, 15) is 4.79 Å². The minimum atomic E-state index is -0.139. The number of nitrogens with two attached hydrogens (primary N) is 1. The molecule has 1 amide bonds. The molecule has 0 saturated heterocycles. The van der Waals surface area contributed by atoms with Crippen molar-refractivity contribution in [3.05, 3.63) is 4.88 Å². The molecule has 7 heteroatoms. The summed E-state index contributed by atoms with van der Waals surface area (Å²) >= 11 is 1.30. The number of anilines is 2. The van der Waals surface area contributed by atoms with Gasteiger partial charge in [-0.15, -0.1) is 0 Å². The van der Waals surface area contributed by atoms with Gasteiger partial charge in [0.2, 0.25) is 0 Å². The number of nitrogens with zero attached hydrogens (tertiary/aromatic N) is 2. The van der Waals surface area contributed by atoms with Crippen molar-refractivity contribution in [1.82, 2.24) is 15.2 Å². The van der Waals surface area contributed by atoms with Crippen molar-refractivity contribution < 1.29 is 4.79 Å². The van der Waals surface area contributed by atoms with Crippen molar-refractivity contribution in [3.63, 3.8) is 0 Å². The highest BCUT2D eigenvalue weighted by Gasteiger charge is 2.29. The van der Waals surface area contributed by atoms with Crippen molar-refractivity contribution in [2.75, 3.05) is 31.2 Å². The number of hydrogen-bond acceptors (Lipinski definition) is 6. The highest BCUT2D eigenvalue weighted by Crippen LogP contribution is 2.27. The Bertz CT molecular complexity index is 471. The molecule has 1 fully saturated rings. The van der Waals surface area contributed by atoms with E-state index in [4.69, 9.17) is 5.73 Å². The molecule has 0 aromatic carbocycles. The first kappa shape index (κ1) is 15.1. The van der Waals surface area contributed by atoms with Crippen LogP contribution in [-0.2, 0) is 0 Å². The molecule has 6 nitrogen and oxygen atoms in total. The standard InChI is InChI=1S/C13H23N5OS/c1-4-15-13-17-11(14)10(20-13)12(19)16-7-8(2)18(3)9-5-6-9/h8-9H,4-7,14H2,1-3H3,(H,15,17)(H,16,19). The summed E-state index contributed by atoms with van der Waals surface area (Å²) in [5.74, 6) is 0.159. The Labute approximate surface area is 123 Å². The van der Waals surface area contributed by atoms with E-state index in [1.165, 1.54) is 24.2 Å². The number of amides is 1. The van der Waals surface area contributed by atoms with Gasteiger partial charge in [0.05, 0.1) is 0 Å². The summed E-state index contributed by atoms with van der Waals surface area (Å²) in [6, 6.07) is 1.02. The fourth-order valence-electron chi connectivity index (χ4n) is 2.03. The van der Waals surface area contributed by atoms with Gasteiger partial charge in [-0.05, 0) is 33.7 Å². The zero-order chi connectivity index (χ0) is 14.7. The summed E-state index contributed by atoms with van der Waals surface area (Å²) in [5.41, 5.74) is 5.79. The lowest BCUT2D eigenvalue weighted by Gasteiger charge is -2.24. The van der Waals surface area contributed by atoms with E-state index in [2.05, 4.69) is 34.5 Å². The van der Waals surface area contributed by atoms with Crippen molar-refractivity contribution in [3.8, 4) is 0 Å². The molecular formula is C13H23N5OS. The third kappa shape index (κ3) is 3.61. The van der Waals surface area contributed by atoms with Gasteiger partial charge in [0.1, 0.15) is 10.7 Å². The molecular weight excluding hydrogens is 274 g/mol. The van der Waals surface area contributed by atoms with E-state index in [-0.39, 0.29) is 5.91 Å². The number of aromatic nitrogens is 1. The Hall–Kier alpha value is -1.34. The molecule has 1 aromatic rings. The first-order chi connectivity index (χ1) is 9.52. The lowest BCUT2D eigenvalue weighted by Crippen LogP contribution is -2.41. The Balaban J connectivity index is 1.87. The summed E-state index contributed by atoms with van der Waals surface area (Å²) < 4.78 is 0. The zero-order valence-electron chi connectivity index (χ0n) is 12.3. The fraction of sp³-hybridized carbons (Fsp3) is 0.692. The summed E-state index contributed by atoms with van der Waals surface area (Å²) in [5, 5.41) is 6.70. The van der Waals surface area contributed by atoms with Gasteiger partial charge in [0.25, 0.3) is 5.91 Å². The quantitative estimate of drug-likeness (QED) is 0.708. The van der Waals surface area contributed by atoms with Crippen LogP contribution in [-0.4, -0.2) is 48.0 Å². The molecule has 0 aliphatic heterocycles. The number of nitrogen functional groups attached to an aromatic ring is 1. The second-order valence-electron chi connectivity index (χ2n) is 5.22. The Morgan fingerprint density at radius 2 is 2.30 bits per heavy atom. The normalized spacial score (nSPS) is 16.2. The van der Waals surface area contributed by atoms with Crippen LogP contribution in [0.4, 0.5) is 10.9 Å². The van der Waals surface area contributed by atoms with E-state index in [1.54, 1.807) is 0 Å². The van der Waals surface area contributed by atoms with Gasteiger partial charge in [0.15, 0.2) is 5.13 Å². The average molecular weight is 297 g/mol. The molecule has 0 radical (unpaired) electrons. The number of carbonyl (C=O) groups is 1. The predicted molar refractivity (Wildman–Crippen MR) is 83.3 cm³/mol. The van der Waals surface area contributed by atoms with E-state index in [1.807, 2.05) is 6.92 Å². The van der Waals surface area contributed by atoms with Crippen LogP contribution in [0.25, 0.3) is 0 Å². The van der Waals surface area contributed by atoms with Gasteiger partial charge in [-0.3, -0.25) is 9.69 Å². The van der Waals surface area contributed by atoms with Crippen LogP contribution in [0.2, 0.25) is 0 Å². The maximum atomic E-state index is 12.1. The van der Waals surface area contributed by atoms with Gasteiger partial charge in [-0.25, -0.2) is 4.98 Å². The Morgan fingerprint density at radius 1 is 1.60 bits per heavy atom. The monoisotopic (exact) mass is 297 g/mol. The summed E-state index contributed by atoms with van der Waals surface area (Å²) in [7, 11) is 2.11. The molecule has 1 heterocycles. The van der Waals surface area contributed by atoms with E-state index < -0.39 is 0 Å². The molecule has 1 aliphatic rings. The molecule has 1 aliphatic carbocycles. The van der Waals surface area contributed by atoms with Gasteiger partial charge in [-0.1, -0.05) is 11.3 Å². The highest BCUT2D eigenvalue weighted by molar-refractivity contribution is 7.18. The van der Waals surface area contributed by atoms with Crippen LogP contribution in [0.15, 0.2) is 0 Å². The Kier molecular flexibility index (Phi) is 4.82. The van der Waals surface area contributed by atoms with Crippen LogP contribution in [0, 0.1) is 0 Å². The fourth-order valence-corrected chi connectivity index (χ4v) is 2.90. The van der Waals surface area contributed by atoms with E-state index in [0.717, 1.165) is 6.54 Å². The molecule has 0 spiro atoms. The van der Waals surface area contributed by atoms with Gasteiger partial charge < -0.3 is 16.4 Å². The predicted octanol–water partition coefficient (Wildman–Crippen LogP) is 1.37. The topological polar surface area (TPSA) is 83.3 Å². The van der Waals surface area contributed by atoms with Crippen LogP contribution in [0.3, 0.4) is 0 Å². The SMILES string of the molecule is CCNc1nc(N)c(C(=O)NCC(C)N(C)C2CC2)s1. The summed E-state index contributed by atoms with van der Waals surface area (Å²) in [6.45, 7) is 5.49. The molecule has 112 valence electrons. The first-order valence-electron chi connectivity index (χ1n) is 7.03. The number of hydrogen-bond donors (Lipinski definition) is 3. The molecule has 0 bridgehead atoms. The molecule has 2 rings (SSSR count). The third-order valence-electron chi connectivity index (χ3n) is 3.56. The number of thiazole rings is 1. The molecule has 20 heavy (non-hydrogen) atoms. The molecule has 4 N–H and O–H groups in total. The lowest BCUT2D eigenvalue weighted by molar-refractivity contribution is 0.0944. The molecule has 1 saturated carbocycles. The van der Waals surface area contributed by atoms with Gasteiger partial charge >= 0.3 is 0 Å². The molecule has 1 unspecified atom stereocenters. The van der Waals surface area contributed by atoms with Crippen LogP contribution < -0.4 is 16.4 Å². The van der Waals surface area contributed by atoms with Gasteiger partial charge in [-0.2, -0.15) is 0 Å². The van der Waals surface area contributed by atoms with Crippen LogP contribution in [0.5, 0.6) is 0 Å². The van der Waals surface area contributed by atoms with Crippen LogP contribution in [0.1, 0.15) is 36.4 Å². The van der Waals surface area contributed by atoms with Crippen LogP contribution >= 0.6 is 11.3 Å². The second kappa shape index (κ2) is 6.41. The number of rotatable bonds is 7. The van der Waals surface area contributed by atoms with Crippen molar-refractivity contribution in [2.45, 2.75) is 38.8 Å². The van der Waals surface area contributed by atoms with Crippen molar-refractivity contribution >= 4 is 28.2 Å². The first-order valence-corrected chi connectivity index (χ1v) is 7.84. The largest absolute Gasteiger partial charge is 0.382 e.